The van der Waals surface area contributed by atoms with Crippen molar-refractivity contribution in [3.05, 3.63) is 35.4 Å². The normalized spacial score (nSPS) is 16.9. The first-order valence-corrected chi connectivity index (χ1v) is 9.30. The van der Waals surface area contributed by atoms with Gasteiger partial charge in [0.05, 0.1) is 12.0 Å². The fraction of sp³-hybridized carbons (Fsp3) is 0.667. The monoisotopic (exact) mass is 349 g/mol. The molecule has 4 atom stereocenters. The van der Waals surface area contributed by atoms with Crippen molar-refractivity contribution in [1.29, 1.82) is 0 Å². The van der Waals surface area contributed by atoms with Gasteiger partial charge in [0, 0.05) is 6.04 Å². The molecule has 0 amide bonds. The third kappa shape index (κ3) is 7.17. The Bertz CT molecular complexity index is 533. The first kappa shape index (κ1) is 21.7. The van der Waals surface area contributed by atoms with Crippen molar-refractivity contribution in [3.8, 4) is 0 Å². The van der Waals surface area contributed by atoms with Crippen LogP contribution in [0.1, 0.15) is 65.0 Å². The van der Waals surface area contributed by atoms with Gasteiger partial charge in [-0.15, -0.1) is 0 Å². The van der Waals surface area contributed by atoms with Gasteiger partial charge >= 0.3 is 5.97 Å². The molecule has 0 aromatic heterocycles. The Hall–Kier alpha value is -1.39. The smallest absolute Gasteiger partial charge is 0.306 e. The summed E-state index contributed by atoms with van der Waals surface area (Å²) in [5, 5.41) is 19.1. The molecule has 1 aromatic rings. The van der Waals surface area contributed by atoms with Crippen molar-refractivity contribution >= 4 is 5.97 Å². The Balaban J connectivity index is 2.62. The van der Waals surface area contributed by atoms with Gasteiger partial charge in [0.2, 0.25) is 0 Å². The number of nitrogens with two attached hydrogens (primary N) is 1. The second-order valence-corrected chi connectivity index (χ2v) is 8.37. The van der Waals surface area contributed by atoms with E-state index >= 15 is 0 Å². The number of carbonyl (C=O) groups is 1. The van der Waals surface area contributed by atoms with Crippen molar-refractivity contribution in [2.24, 2.45) is 17.6 Å². The van der Waals surface area contributed by atoms with E-state index in [1.54, 1.807) is 6.92 Å². The lowest BCUT2D eigenvalue weighted by atomic mass is 9.84. The van der Waals surface area contributed by atoms with Gasteiger partial charge in [0.15, 0.2) is 0 Å². The van der Waals surface area contributed by atoms with E-state index < -0.39 is 18.0 Å². The van der Waals surface area contributed by atoms with E-state index in [2.05, 4.69) is 52.0 Å². The number of hydrogen-bond acceptors (Lipinski definition) is 3. The maximum atomic E-state index is 10.9. The molecule has 25 heavy (non-hydrogen) atoms. The number of aliphatic carboxylic acids is 1. The molecule has 0 heterocycles. The van der Waals surface area contributed by atoms with Crippen LogP contribution in [0.3, 0.4) is 0 Å². The molecule has 4 heteroatoms. The minimum Gasteiger partial charge on any atom is -0.481 e. The van der Waals surface area contributed by atoms with Crippen LogP contribution in [0, 0.1) is 11.8 Å². The molecule has 0 saturated heterocycles. The number of hydrogen-bond donors (Lipinski definition) is 3. The molecule has 4 nitrogen and oxygen atoms in total. The Kier molecular flexibility index (Phi) is 8.10. The topological polar surface area (TPSA) is 83.5 Å². The highest BCUT2D eigenvalue weighted by atomic mass is 16.4. The molecule has 0 aliphatic rings. The van der Waals surface area contributed by atoms with E-state index in [0.717, 1.165) is 12.8 Å². The molecule has 1 rings (SSSR count). The van der Waals surface area contributed by atoms with Gasteiger partial charge in [-0.2, -0.15) is 0 Å². The zero-order valence-electron chi connectivity index (χ0n) is 16.3. The Morgan fingerprint density at radius 1 is 1.16 bits per heavy atom. The molecule has 4 unspecified atom stereocenters. The lowest BCUT2D eigenvalue weighted by Gasteiger charge is -2.25. The van der Waals surface area contributed by atoms with Gasteiger partial charge in [-0.25, -0.2) is 0 Å². The van der Waals surface area contributed by atoms with Gasteiger partial charge < -0.3 is 15.9 Å². The summed E-state index contributed by atoms with van der Waals surface area (Å²) in [5.74, 6) is -1.09. The van der Waals surface area contributed by atoms with E-state index in [1.165, 1.54) is 11.1 Å². The van der Waals surface area contributed by atoms with Crippen LogP contribution < -0.4 is 5.73 Å². The first-order chi connectivity index (χ1) is 11.5. The molecule has 0 fully saturated rings. The molecular weight excluding hydrogens is 314 g/mol. The summed E-state index contributed by atoms with van der Waals surface area (Å²) < 4.78 is 0. The van der Waals surface area contributed by atoms with Gasteiger partial charge in [0.25, 0.3) is 0 Å². The van der Waals surface area contributed by atoms with Crippen molar-refractivity contribution in [2.45, 2.75) is 77.9 Å². The Morgan fingerprint density at radius 3 is 2.16 bits per heavy atom. The van der Waals surface area contributed by atoms with Crippen LogP contribution in [0.15, 0.2) is 24.3 Å². The molecule has 4 N–H and O–H groups in total. The highest BCUT2D eigenvalue weighted by molar-refractivity contribution is 5.69. The van der Waals surface area contributed by atoms with Crippen LogP contribution in [-0.2, 0) is 16.6 Å². The lowest BCUT2D eigenvalue weighted by molar-refractivity contribution is -0.142. The number of carboxylic acids is 1. The van der Waals surface area contributed by atoms with E-state index in [4.69, 9.17) is 10.8 Å². The number of aliphatic hydroxyl groups is 1. The van der Waals surface area contributed by atoms with Crippen LogP contribution in [0.4, 0.5) is 0 Å². The largest absolute Gasteiger partial charge is 0.481 e. The quantitative estimate of drug-likeness (QED) is 0.634. The van der Waals surface area contributed by atoms with Crippen molar-refractivity contribution < 1.29 is 15.0 Å². The highest BCUT2D eigenvalue weighted by Gasteiger charge is 2.24. The summed E-state index contributed by atoms with van der Waals surface area (Å²) in [4.78, 5) is 10.9. The number of aliphatic hydroxyl groups excluding tert-OH is 1. The summed E-state index contributed by atoms with van der Waals surface area (Å²) in [6.07, 6.45) is 2.03. The Labute approximate surface area is 152 Å². The average Bonchev–Trinajstić information content (AvgIpc) is 2.53. The van der Waals surface area contributed by atoms with Crippen molar-refractivity contribution in [3.63, 3.8) is 0 Å². The second kappa shape index (κ2) is 9.35. The predicted molar refractivity (Wildman–Crippen MR) is 103 cm³/mol. The summed E-state index contributed by atoms with van der Waals surface area (Å²) >= 11 is 0. The molecule has 0 radical (unpaired) electrons. The molecule has 0 spiro atoms. The SMILES string of the molecule is CCC(Cc1ccc(C(C)(C)C)cc1)CC(N)C(O)CC(C)C(=O)O. The van der Waals surface area contributed by atoms with Crippen LogP contribution in [0.25, 0.3) is 0 Å². The molecule has 1 aromatic carbocycles. The van der Waals surface area contributed by atoms with E-state index in [9.17, 15) is 9.90 Å². The third-order valence-electron chi connectivity index (χ3n) is 5.04. The number of carboxylic acid groups (broad SMARTS) is 1. The molecule has 142 valence electrons. The summed E-state index contributed by atoms with van der Waals surface area (Å²) in [6, 6.07) is 8.34. The number of rotatable bonds is 9. The third-order valence-corrected chi connectivity index (χ3v) is 5.04. The van der Waals surface area contributed by atoms with Crippen LogP contribution in [0.5, 0.6) is 0 Å². The highest BCUT2D eigenvalue weighted by Crippen LogP contribution is 2.25. The van der Waals surface area contributed by atoms with Gasteiger partial charge in [-0.3, -0.25) is 4.79 Å². The zero-order valence-corrected chi connectivity index (χ0v) is 16.3. The molecule has 0 saturated carbocycles. The first-order valence-electron chi connectivity index (χ1n) is 9.30. The van der Waals surface area contributed by atoms with Gasteiger partial charge in [-0.05, 0) is 41.7 Å². The fourth-order valence-corrected chi connectivity index (χ4v) is 3.05. The summed E-state index contributed by atoms with van der Waals surface area (Å²) in [5.41, 5.74) is 8.88. The van der Waals surface area contributed by atoms with E-state index in [0.29, 0.717) is 12.3 Å². The minimum atomic E-state index is -0.891. The van der Waals surface area contributed by atoms with Gasteiger partial charge in [-0.1, -0.05) is 65.3 Å². The summed E-state index contributed by atoms with van der Waals surface area (Å²) in [7, 11) is 0. The molecule has 0 aliphatic heterocycles. The minimum absolute atomic E-state index is 0.149. The standard InChI is InChI=1S/C21H35NO3/c1-6-15(13-18(22)19(23)11-14(2)20(24)25)12-16-7-9-17(10-8-16)21(3,4)5/h7-10,14-15,18-19,23H,6,11-13,22H2,1-5H3,(H,24,25). The maximum Gasteiger partial charge on any atom is 0.306 e. The summed E-state index contributed by atoms with van der Waals surface area (Å²) in [6.45, 7) is 10.3. The zero-order chi connectivity index (χ0) is 19.2. The lowest BCUT2D eigenvalue weighted by Crippen LogP contribution is -2.38. The van der Waals surface area contributed by atoms with Crippen molar-refractivity contribution in [1.82, 2.24) is 0 Å². The average molecular weight is 350 g/mol. The van der Waals surface area contributed by atoms with Gasteiger partial charge in [0.1, 0.15) is 0 Å². The van der Waals surface area contributed by atoms with Crippen LogP contribution in [-0.4, -0.2) is 28.3 Å². The van der Waals surface area contributed by atoms with Crippen LogP contribution >= 0.6 is 0 Å². The maximum absolute atomic E-state index is 10.9. The van der Waals surface area contributed by atoms with Crippen molar-refractivity contribution in [2.75, 3.05) is 0 Å². The van der Waals surface area contributed by atoms with Crippen LogP contribution in [0.2, 0.25) is 0 Å². The number of benzene rings is 1. The Morgan fingerprint density at radius 2 is 1.72 bits per heavy atom. The molecular formula is C21H35NO3. The van der Waals surface area contributed by atoms with E-state index in [-0.39, 0.29) is 17.9 Å². The molecule has 0 bridgehead atoms. The van der Waals surface area contributed by atoms with E-state index in [1.807, 2.05) is 0 Å². The predicted octanol–water partition coefficient (Wildman–Crippen LogP) is 3.74. The molecule has 0 aliphatic carbocycles. The second-order valence-electron chi connectivity index (χ2n) is 8.37. The fourth-order valence-electron chi connectivity index (χ4n) is 3.05.